The lowest BCUT2D eigenvalue weighted by Gasteiger charge is -2.38. The summed E-state index contributed by atoms with van der Waals surface area (Å²) in [6.45, 7) is 3.55. The van der Waals surface area contributed by atoms with Gasteiger partial charge in [0.2, 0.25) is 15.9 Å². The summed E-state index contributed by atoms with van der Waals surface area (Å²) >= 11 is 0. The summed E-state index contributed by atoms with van der Waals surface area (Å²) in [5.41, 5.74) is 0.254. The van der Waals surface area contributed by atoms with Gasteiger partial charge in [0.05, 0.1) is 24.9 Å². The lowest BCUT2D eigenvalue weighted by molar-refractivity contribution is -0.115. The molecular weight excluding hydrogens is 506 g/mol. The first kappa shape index (κ1) is 24.4. The fourth-order valence-electron chi connectivity index (χ4n) is 7.70. The summed E-state index contributed by atoms with van der Waals surface area (Å²) in [6, 6.07) is 1.43. The van der Waals surface area contributed by atoms with Gasteiger partial charge < -0.3 is 19.5 Å². The first-order chi connectivity index (χ1) is 17.6. The van der Waals surface area contributed by atoms with Gasteiger partial charge in [0.15, 0.2) is 5.69 Å². The van der Waals surface area contributed by atoms with Gasteiger partial charge in [-0.1, -0.05) is 5.16 Å². The van der Waals surface area contributed by atoms with Crippen LogP contribution in [0.3, 0.4) is 0 Å². The van der Waals surface area contributed by atoms with Crippen LogP contribution in [0.2, 0.25) is 0 Å². The highest BCUT2D eigenvalue weighted by Crippen LogP contribution is 2.54. The van der Waals surface area contributed by atoms with Crippen molar-refractivity contribution in [1.82, 2.24) is 19.7 Å². The van der Waals surface area contributed by atoms with Crippen LogP contribution in [-0.4, -0.2) is 91.3 Å². The second-order valence-corrected chi connectivity index (χ2v) is 14.2. The zero-order valence-electron chi connectivity index (χ0n) is 20.7. The number of fused-ring (bicyclic) bond motifs is 3. The number of aromatic nitrogens is 1. The van der Waals surface area contributed by atoms with E-state index in [0.29, 0.717) is 43.7 Å². The van der Waals surface area contributed by atoms with E-state index in [4.69, 9.17) is 9.26 Å². The van der Waals surface area contributed by atoms with Gasteiger partial charge in [0.25, 0.3) is 5.91 Å². The van der Waals surface area contributed by atoms with Crippen molar-refractivity contribution >= 4 is 15.9 Å². The minimum absolute atomic E-state index is 0.00858. The van der Waals surface area contributed by atoms with Gasteiger partial charge >= 0.3 is 0 Å². The third kappa shape index (κ3) is 4.51. The van der Waals surface area contributed by atoms with Crippen molar-refractivity contribution in [3.05, 3.63) is 17.5 Å². The third-order valence-corrected chi connectivity index (χ3v) is 11.7. The van der Waals surface area contributed by atoms with Crippen LogP contribution in [0, 0.1) is 23.7 Å². The summed E-state index contributed by atoms with van der Waals surface area (Å²) < 4.78 is 65.4. The summed E-state index contributed by atoms with van der Waals surface area (Å²) in [5.74, 6) is -0.736. The number of nitrogens with zero attached hydrogens (tertiary/aromatic N) is 3. The molecule has 1 aromatic heterocycles. The number of nitrogens with one attached hydrogen (secondary N) is 1. The molecule has 6 atom stereocenters. The molecule has 9 nitrogen and oxygen atoms in total. The minimum atomic E-state index is -3.39. The van der Waals surface area contributed by atoms with E-state index in [1.54, 1.807) is 10.4 Å². The molecule has 0 aromatic carbocycles. The molecule has 4 aliphatic heterocycles. The summed E-state index contributed by atoms with van der Waals surface area (Å²) in [5, 5.41) is 6.96. The van der Waals surface area contributed by atoms with Gasteiger partial charge in [-0.2, -0.15) is 4.31 Å². The van der Waals surface area contributed by atoms with E-state index < -0.39 is 15.9 Å². The lowest BCUT2D eigenvalue weighted by atomic mass is 9.81. The molecule has 6 aliphatic rings. The number of hydrogen-bond acceptors (Lipinski definition) is 7. The molecule has 2 bridgehead atoms. The molecule has 0 spiro atoms. The highest BCUT2D eigenvalue weighted by Gasteiger charge is 2.59. The number of piperidine rings is 2. The number of amides is 1. The highest BCUT2D eigenvalue weighted by atomic mass is 32.2. The summed E-state index contributed by atoms with van der Waals surface area (Å²) in [6.07, 6.45) is 2.85. The Bertz CT molecular complexity index is 1140. The van der Waals surface area contributed by atoms with Gasteiger partial charge in [0, 0.05) is 56.7 Å². The third-order valence-electron chi connectivity index (χ3n) is 9.67. The van der Waals surface area contributed by atoms with Crippen LogP contribution < -0.4 is 5.32 Å². The van der Waals surface area contributed by atoms with E-state index in [1.807, 2.05) is 0 Å². The molecule has 5 heterocycles. The molecule has 204 valence electrons. The van der Waals surface area contributed by atoms with Crippen LogP contribution in [0.25, 0.3) is 0 Å². The predicted octanol–water partition coefficient (Wildman–Crippen LogP) is 2.07. The van der Waals surface area contributed by atoms with Crippen molar-refractivity contribution in [2.75, 3.05) is 38.6 Å². The molecule has 1 aromatic rings. The normalized spacial score (nSPS) is 37.7. The minimum Gasteiger partial charge on any atom is -0.380 e. The van der Waals surface area contributed by atoms with E-state index in [2.05, 4.69) is 15.4 Å². The van der Waals surface area contributed by atoms with Crippen LogP contribution in [0.5, 0.6) is 0 Å². The average Bonchev–Trinajstić information content (AvgIpc) is 3.19. The molecule has 4 saturated heterocycles. The van der Waals surface area contributed by atoms with E-state index in [9.17, 15) is 22.0 Å². The molecule has 2 aliphatic carbocycles. The quantitative estimate of drug-likeness (QED) is 0.538. The van der Waals surface area contributed by atoms with Gasteiger partial charge in [-0.3, -0.25) is 4.79 Å². The Morgan fingerprint density at radius 3 is 2.41 bits per heavy atom. The average molecular weight is 541 g/mol. The molecule has 12 heteroatoms. The standard InChI is InChI=1S/C25H34F2N4O5S/c26-25(27)6-14(7-25)8-30-9-19-20(10-30)21(19)13-37(33,34)31-17-1-2-18(31)4-16(3-17)28-24(32)22-5-23(36-29-22)15-11-35-12-15/h5,14-21H,1-4,6-13H2,(H,28,32)/t16?,17-,18+,19-,20+,21?. The topological polar surface area (TPSA) is 105 Å². The van der Waals surface area contributed by atoms with Gasteiger partial charge in [-0.15, -0.1) is 0 Å². The van der Waals surface area contributed by atoms with Crippen molar-refractivity contribution in [3.8, 4) is 0 Å². The van der Waals surface area contributed by atoms with Crippen LogP contribution in [0.4, 0.5) is 8.78 Å². The van der Waals surface area contributed by atoms with E-state index in [0.717, 1.165) is 32.5 Å². The predicted molar refractivity (Wildman–Crippen MR) is 128 cm³/mol. The number of alkyl halides is 2. The molecule has 0 radical (unpaired) electrons. The van der Waals surface area contributed by atoms with E-state index >= 15 is 0 Å². The number of halogens is 2. The number of carbonyl (C=O) groups excluding carboxylic acids is 1. The molecule has 2 unspecified atom stereocenters. The van der Waals surface area contributed by atoms with Crippen LogP contribution in [0.1, 0.15) is 60.7 Å². The number of sulfonamides is 1. The Morgan fingerprint density at radius 2 is 1.81 bits per heavy atom. The van der Waals surface area contributed by atoms with Crippen molar-refractivity contribution in [2.45, 2.75) is 68.5 Å². The van der Waals surface area contributed by atoms with Gasteiger partial charge in [-0.05, 0) is 49.4 Å². The first-order valence-electron chi connectivity index (χ1n) is 13.6. The Kier molecular flexibility index (Phi) is 5.73. The monoisotopic (exact) mass is 540 g/mol. The van der Waals surface area contributed by atoms with Crippen LogP contribution in [0.15, 0.2) is 10.6 Å². The fourth-order valence-corrected chi connectivity index (χ4v) is 10.1. The Hall–Kier alpha value is -1.63. The fraction of sp³-hybridized carbons (Fsp3) is 0.840. The molecule has 6 fully saturated rings. The zero-order chi connectivity index (χ0) is 25.5. The van der Waals surface area contributed by atoms with Crippen molar-refractivity contribution in [2.24, 2.45) is 23.7 Å². The smallest absolute Gasteiger partial charge is 0.273 e. The largest absolute Gasteiger partial charge is 0.380 e. The Morgan fingerprint density at radius 1 is 1.14 bits per heavy atom. The molecule has 1 N–H and O–H groups in total. The van der Waals surface area contributed by atoms with Crippen molar-refractivity contribution < 1.29 is 31.3 Å². The second kappa shape index (κ2) is 8.69. The molecular formula is C25H34F2N4O5S. The van der Waals surface area contributed by atoms with E-state index in [1.165, 1.54) is 0 Å². The number of ether oxygens (including phenoxy) is 1. The Balaban J connectivity index is 0.906. The van der Waals surface area contributed by atoms with E-state index in [-0.39, 0.29) is 66.1 Å². The SMILES string of the molecule is O=C(NC1C[C@H]2CC[C@@H](C1)N2S(=O)(=O)CC1[C@H]2CN(CC3CC(F)(F)C3)C[C@@H]12)c1cc(C2COC2)on1. The molecule has 2 saturated carbocycles. The number of likely N-dealkylation sites (tertiary alicyclic amines) is 1. The van der Waals surface area contributed by atoms with Crippen molar-refractivity contribution in [1.29, 1.82) is 0 Å². The Labute approximate surface area is 215 Å². The zero-order valence-corrected chi connectivity index (χ0v) is 21.5. The maximum Gasteiger partial charge on any atom is 0.273 e. The van der Waals surface area contributed by atoms with Gasteiger partial charge in [-0.25, -0.2) is 17.2 Å². The lowest BCUT2D eigenvalue weighted by Crippen LogP contribution is -2.53. The summed E-state index contributed by atoms with van der Waals surface area (Å²) in [7, 11) is -3.39. The first-order valence-corrected chi connectivity index (χ1v) is 15.2. The number of rotatable bonds is 8. The van der Waals surface area contributed by atoms with Crippen LogP contribution in [-0.2, 0) is 14.8 Å². The second-order valence-electron chi connectivity index (χ2n) is 12.3. The van der Waals surface area contributed by atoms with Crippen molar-refractivity contribution in [3.63, 3.8) is 0 Å². The maximum atomic E-state index is 13.5. The number of carbonyl (C=O) groups is 1. The number of hydrogen-bond donors (Lipinski definition) is 1. The highest BCUT2D eigenvalue weighted by molar-refractivity contribution is 7.89. The summed E-state index contributed by atoms with van der Waals surface area (Å²) in [4.78, 5) is 15.0. The maximum absolute atomic E-state index is 13.5. The molecule has 7 rings (SSSR count). The molecule has 37 heavy (non-hydrogen) atoms. The van der Waals surface area contributed by atoms with Crippen LogP contribution >= 0.6 is 0 Å². The molecule has 1 amide bonds. The van der Waals surface area contributed by atoms with Gasteiger partial charge in [0.1, 0.15) is 5.76 Å².